The predicted molar refractivity (Wildman–Crippen MR) is 71.1 cm³/mol. The van der Waals surface area contributed by atoms with Gasteiger partial charge in [0, 0.05) is 28.6 Å². The van der Waals surface area contributed by atoms with E-state index in [-0.39, 0.29) is 39.9 Å². The average Bonchev–Trinajstić information content (AvgIpc) is 2.11. The zero-order valence-electron chi connectivity index (χ0n) is 13.1. The molecule has 0 spiro atoms. The summed E-state index contributed by atoms with van der Waals surface area (Å²) in [5.74, 6) is -2.99. The second-order valence-corrected chi connectivity index (χ2v) is 4.38. The van der Waals surface area contributed by atoms with E-state index in [1.54, 1.807) is 27.7 Å². The van der Waals surface area contributed by atoms with Crippen LogP contribution in [0.25, 0.3) is 0 Å². The Labute approximate surface area is 139 Å². The van der Waals surface area contributed by atoms with E-state index < -0.39 is 23.3 Å². The first kappa shape index (κ1) is 24.7. The fourth-order valence-electron chi connectivity index (χ4n) is 0.955. The standard InChI is InChI=1S/C11H18O5.C2H4O2.Ti/c1-6(2)15-11(16-7(3)4)9(8(5)12)10(13)14;1-2(3)4;/h6-7H,1-5H3,(H,13,14);1H3,(H,3,4);. The first-order valence-corrected chi connectivity index (χ1v) is 6.00. The normalized spacial score (nSPS) is 8.95. The Morgan fingerprint density at radius 3 is 1.29 bits per heavy atom. The van der Waals surface area contributed by atoms with Crippen molar-refractivity contribution in [3.05, 3.63) is 11.5 Å². The number of carbonyl (C=O) groups excluding carboxylic acids is 1. The molecule has 8 heteroatoms. The van der Waals surface area contributed by atoms with Gasteiger partial charge in [0.1, 0.15) is 0 Å². The molecule has 0 aromatic rings. The fraction of sp³-hybridized carbons (Fsp3) is 0.615. The minimum atomic E-state index is -1.34. The Hall–Kier alpha value is -1.34. The number of Topliss-reactive ketones (excluding diaryl/α,β-unsaturated/α-hetero) is 1. The molecule has 0 fully saturated rings. The van der Waals surface area contributed by atoms with E-state index in [4.69, 9.17) is 24.5 Å². The van der Waals surface area contributed by atoms with Crippen LogP contribution in [0.3, 0.4) is 0 Å². The summed E-state index contributed by atoms with van der Waals surface area (Å²) in [7, 11) is 0. The van der Waals surface area contributed by atoms with Crippen molar-refractivity contribution in [3.63, 3.8) is 0 Å². The molecular weight excluding hydrogens is 316 g/mol. The van der Waals surface area contributed by atoms with Crippen molar-refractivity contribution in [2.45, 2.75) is 53.8 Å². The molecule has 0 unspecified atom stereocenters. The summed E-state index contributed by atoms with van der Waals surface area (Å²) in [6.07, 6.45) is -0.523. The molecule has 0 radical (unpaired) electrons. The van der Waals surface area contributed by atoms with Crippen LogP contribution >= 0.6 is 0 Å². The van der Waals surface area contributed by atoms with Gasteiger partial charge < -0.3 is 19.7 Å². The van der Waals surface area contributed by atoms with Crippen LogP contribution in [-0.2, 0) is 45.6 Å². The molecule has 0 saturated heterocycles. The van der Waals surface area contributed by atoms with E-state index >= 15 is 0 Å². The van der Waals surface area contributed by atoms with Crippen LogP contribution in [0.4, 0.5) is 0 Å². The van der Waals surface area contributed by atoms with Gasteiger partial charge in [0.15, 0.2) is 11.4 Å². The van der Waals surface area contributed by atoms with Crippen LogP contribution in [0, 0.1) is 0 Å². The number of aliphatic carboxylic acids is 2. The van der Waals surface area contributed by atoms with E-state index in [1.807, 2.05) is 0 Å². The number of ketones is 1. The van der Waals surface area contributed by atoms with Crippen molar-refractivity contribution in [2.75, 3.05) is 0 Å². The van der Waals surface area contributed by atoms with E-state index in [0.29, 0.717) is 0 Å². The fourth-order valence-corrected chi connectivity index (χ4v) is 0.955. The topological polar surface area (TPSA) is 110 Å². The number of carboxylic acid groups (broad SMARTS) is 2. The van der Waals surface area contributed by atoms with E-state index in [0.717, 1.165) is 13.8 Å². The zero-order chi connectivity index (χ0) is 16.5. The predicted octanol–water partition coefficient (Wildman–Crippen LogP) is 1.81. The van der Waals surface area contributed by atoms with Gasteiger partial charge in [-0.1, -0.05) is 0 Å². The Morgan fingerprint density at radius 1 is 0.857 bits per heavy atom. The summed E-state index contributed by atoms with van der Waals surface area (Å²) in [5, 5.41) is 16.3. The summed E-state index contributed by atoms with van der Waals surface area (Å²) >= 11 is 0. The number of hydrogen-bond donors (Lipinski definition) is 2. The monoisotopic (exact) mass is 338 g/mol. The molecule has 0 heterocycles. The zero-order valence-corrected chi connectivity index (χ0v) is 14.7. The van der Waals surface area contributed by atoms with Crippen molar-refractivity contribution in [1.29, 1.82) is 0 Å². The molecule has 0 aromatic heterocycles. The smallest absolute Gasteiger partial charge is 0.346 e. The molecule has 0 aromatic carbocycles. The van der Waals surface area contributed by atoms with Gasteiger partial charge >= 0.3 is 5.97 Å². The first-order valence-electron chi connectivity index (χ1n) is 6.00. The van der Waals surface area contributed by atoms with Crippen molar-refractivity contribution in [3.8, 4) is 0 Å². The van der Waals surface area contributed by atoms with Crippen LogP contribution in [-0.4, -0.2) is 40.1 Å². The molecule has 0 atom stereocenters. The summed E-state index contributed by atoms with van der Waals surface area (Å²) in [4.78, 5) is 31.1. The van der Waals surface area contributed by atoms with Crippen LogP contribution in [0.2, 0.25) is 0 Å². The molecule has 0 bridgehead atoms. The van der Waals surface area contributed by atoms with Gasteiger partial charge in [-0.15, -0.1) is 0 Å². The number of hydrogen-bond acceptors (Lipinski definition) is 5. The molecule has 0 saturated carbocycles. The maximum Gasteiger partial charge on any atom is 0.346 e. The minimum absolute atomic E-state index is 0. The Kier molecular flexibility index (Phi) is 14.6. The molecule has 0 rings (SSSR count). The number of carboxylic acids is 2. The Balaban J connectivity index is -0.000000572. The van der Waals surface area contributed by atoms with Crippen molar-refractivity contribution < 1.29 is 55.8 Å². The van der Waals surface area contributed by atoms with Crippen molar-refractivity contribution in [1.82, 2.24) is 0 Å². The van der Waals surface area contributed by atoms with Gasteiger partial charge in [-0.2, -0.15) is 0 Å². The number of ether oxygens (including phenoxy) is 2. The summed E-state index contributed by atoms with van der Waals surface area (Å²) in [5.41, 5.74) is -0.456. The molecule has 0 aliphatic rings. The second kappa shape index (κ2) is 12.4. The van der Waals surface area contributed by atoms with Crippen LogP contribution in [0.15, 0.2) is 11.5 Å². The third-order valence-electron chi connectivity index (χ3n) is 1.46. The van der Waals surface area contributed by atoms with Gasteiger partial charge in [0.05, 0.1) is 12.2 Å². The molecule has 120 valence electrons. The van der Waals surface area contributed by atoms with Crippen molar-refractivity contribution >= 4 is 17.7 Å². The van der Waals surface area contributed by atoms with Gasteiger partial charge in [0.2, 0.25) is 0 Å². The summed E-state index contributed by atoms with van der Waals surface area (Å²) < 4.78 is 10.4. The van der Waals surface area contributed by atoms with E-state index in [9.17, 15) is 9.59 Å². The largest absolute Gasteiger partial charge is 0.481 e. The Bertz CT molecular complexity index is 354. The third kappa shape index (κ3) is 14.9. The SMILES string of the molecule is CC(=O)C(C(=O)O)=C(OC(C)C)OC(C)C.CC(=O)O.[Ti]. The van der Waals surface area contributed by atoms with E-state index in [1.165, 1.54) is 0 Å². The number of carbonyl (C=O) groups is 3. The molecule has 0 aliphatic heterocycles. The average molecular weight is 338 g/mol. The van der Waals surface area contributed by atoms with Gasteiger partial charge in [-0.05, 0) is 34.6 Å². The van der Waals surface area contributed by atoms with Crippen molar-refractivity contribution in [2.24, 2.45) is 0 Å². The molecular formula is C13H22O7Ti. The first-order chi connectivity index (χ1) is 8.98. The molecule has 0 aliphatic carbocycles. The summed E-state index contributed by atoms with van der Waals surface area (Å²) in [6, 6.07) is 0. The van der Waals surface area contributed by atoms with Gasteiger partial charge in [-0.3, -0.25) is 9.59 Å². The second-order valence-electron chi connectivity index (χ2n) is 4.38. The minimum Gasteiger partial charge on any atom is -0.481 e. The quantitative estimate of drug-likeness (QED) is 0.250. The molecule has 2 N–H and O–H groups in total. The third-order valence-corrected chi connectivity index (χ3v) is 1.46. The molecule has 21 heavy (non-hydrogen) atoms. The molecule has 0 amide bonds. The summed E-state index contributed by atoms with van der Waals surface area (Å²) in [6.45, 7) is 9.15. The maximum absolute atomic E-state index is 11.2. The van der Waals surface area contributed by atoms with Crippen LogP contribution in [0.1, 0.15) is 41.5 Å². The van der Waals surface area contributed by atoms with Gasteiger partial charge in [0.25, 0.3) is 11.9 Å². The van der Waals surface area contributed by atoms with Crippen LogP contribution in [0.5, 0.6) is 0 Å². The van der Waals surface area contributed by atoms with Gasteiger partial charge in [-0.25, -0.2) is 4.79 Å². The maximum atomic E-state index is 11.2. The number of rotatable bonds is 6. The molecule has 7 nitrogen and oxygen atoms in total. The van der Waals surface area contributed by atoms with Crippen LogP contribution < -0.4 is 0 Å². The van der Waals surface area contributed by atoms with E-state index in [2.05, 4.69) is 0 Å². The Morgan fingerprint density at radius 2 is 1.14 bits per heavy atom.